The number of hydrogen-bond donors (Lipinski definition) is 0. The molecule has 0 unspecified atom stereocenters. The minimum absolute atomic E-state index is 0.0135. The van der Waals surface area contributed by atoms with Gasteiger partial charge in [0.2, 0.25) is 0 Å². The van der Waals surface area contributed by atoms with Crippen molar-refractivity contribution in [2.45, 2.75) is 11.8 Å². The molecular formula is C17H14N2OS. The van der Waals surface area contributed by atoms with Crippen LogP contribution in [0.15, 0.2) is 59.5 Å². The predicted octanol–water partition coefficient (Wildman–Crippen LogP) is 3.91. The second-order valence-electron chi connectivity index (χ2n) is 4.67. The molecule has 0 aliphatic heterocycles. The molecule has 0 amide bonds. The number of Topliss-reactive ketones (excluding diaryl/α,β-unsaturated/α-hetero) is 1. The lowest BCUT2D eigenvalue weighted by Gasteiger charge is -2.05. The minimum atomic E-state index is 0.0135. The second kappa shape index (κ2) is 6.06. The zero-order valence-electron chi connectivity index (χ0n) is 11.6. The maximum absolute atomic E-state index is 12.4. The van der Waals surface area contributed by atoms with E-state index in [0.29, 0.717) is 17.1 Å². The first kappa shape index (κ1) is 13.8. The molecule has 3 aromatic rings. The van der Waals surface area contributed by atoms with Gasteiger partial charge in [0, 0.05) is 4.90 Å². The van der Waals surface area contributed by atoms with Crippen molar-refractivity contribution in [1.29, 1.82) is 0 Å². The van der Waals surface area contributed by atoms with Crippen LogP contribution in [0.1, 0.15) is 16.2 Å². The molecule has 0 saturated carbocycles. The number of carbonyl (C=O) groups is 1. The van der Waals surface area contributed by atoms with Crippen molar-refractivity contribution in [3.63, 3.8) is 0 Å². The highest BCUT2D eigenvalue weighted by atomic mass is 32.2. The molecule has 3 rings (SSSR count). The van der Waals surface area contributed by atoms with E-state index in [2.05, 4.69) is 9.97 Å². The molecule has 3 nitrogen and oxygen atoms in total. The van der Waals surface area contributed by atoms with Crippen LogP contribution in [0.2, 0.25) is 0 Å². The van der Waals surface area contributed by atoms with Crippen molar-refractivity contribution in [3.05, 3.63) is 66.0 Å². The highest BCUT2D eigenvalue weighted by Gasteiger charge is 2.13. The molecule has 0 bridgehead atoms. The lowest BCUT2D eigenvalue weighted by atomic mass is 10.2. The van der Waals surface area contributed by atoms with Crippen LogP contribution in [-0.2, 0) is 0 Å². The summed E-state index contributed by atoms with van der Waals surface area (Å²) in [6.07, 6.45) is 0. The standard InChI is InChI=1S/C17H14N2OS/c1-12-17(19-15-10-6-5-9-14(15)18-12)16(20)11-21-13-7-3-2-4-8-13/h2-10H,11H2,1H3. The third kappa shape index (κ3) is 3.11. The van der Waals surface area contributed by atoms with Crippen molar-refractivity contribution in [1.82, 2.24) is 9.97 Å². The summed E-state index contributed by atoms with van der Waals surface area (Å²) in [6.45, 7) is 1.83. The average Bonchev–Trinajstić information content (AvgIpc) is 2.53. The van der Waals surface area contributed by atoms with Crippen molar-refractivity contribution in [2.24, 2.45) is 0 Å². The van der Waals surface area contributed by atoms with Crippen LogP contribution in [0.4, 0.5) is 0 Å². The van der Waals surface area contributed by atoms with Crippen LogP contribution >= 0.6 is 11.8 Å². The van der Waals surface area contributed by atoms with Gasteiger partial charge in [-0.1, -0.05) is 30.3 Å². The Morgan fingerprint density at radius 3 is 2.29 bits per heavy atom. The molecule has 0 radical (unpaired) electrons. The first-order valence-electron chi connectivity index (χ1n) is 6.68. The summed E-state index contributed by atoms with van der Waals surface area (Å²) in [4.78, 5) is 22.4. The third-order valence-electron chi connectivity index (χ3n) is 3.12. The Bertz CT molecular complexity index is 787. The zero-order valence-corrected chi connectivity index (χ0v) is 12.4. The maximum Gasteiger partial charge on any atom is 0.193 e. The van der Waals surface area contributed by atoms with Crippen LogP contribution in [0.3, 0.4) is 0 Å². The quantitative estimate of drug-likeness (QED) is 0.540. The summed E-state index contributed by atoms with van der Waals surface area (Å²) < 4.78 is 0. The third-order valence-corrected chi connectivity index (χ3v) is 4.13. The maximum atomic E-state index is 12.4. The number of para-hydroxylation sites is 2. The van der Waals surface area contributed by atoms with Crippen LogP contribution in [0.5, 0.6) is 0 Å². The van der Waals surface area contributed by atoms with E-state index in [4.69, 9.17) is 0 Å². The molecule has 0 N–H and O–H groups in total. The Hall–Kier alpha value is -2.20. The molecule has 0 aliphatic rings. The summed E-state index contributed by atoms with van der Waals surface area (Å²) in [5.74, 6) is 0.386. The molecule has 1 aromatic heterocycles. The van der Waals surface area contributed by atoms with Gasteiger partial charge in [-0.15, -0.1) is 11.8 Å². The largest absolute Gasteiger partial charge is 0.291 e. The van der Waals surface area contributed by atoms with E-state index >= 15 is 0 Å². The number of fused-ring (bicyclic) bond motifs is 1. The molecule has 4 heteroatoms. The number of aromatic nitrogens is 2. The van der Waals surface area contributed by atoms with E-state index in [-0.39, 0.29) is 5.78 Å². The number of nitrogens with zero attached hydrogens (tertiary/aromatic N) is 2. The number of carbonyl (C=O) groups excluding carboxylic acids is 1. The molecule has 0 fully saturated rings. The van der Waals surface area contributed by atoms with Crippen molar-refractivity contribution in [2.75, 3.05) is 5.75 Å². The molecule has 0 atom stereocenters. The van der Waals surface area contributed by atoms with E-state index in [1.165, 1.54) is 11.8 Å². The minimum Gasteiger partial charge on any atom is -0.291 e. The van der Waals surface area contributed by atoms with Gasteiger partial charge in [-0.3, -0.25) is 4.79 Å². The van der Waals surface area contributed by atoms with Gasteiger partial charge in [-0.2, -0.15) is 0 Å². The molecule has 0 aliphatic carbocycles. The highest BCUT2D eigenvalue weighted by molar-refractivity contribution is 8.00. The van der Waals surface area contributed by atoms with Gasteiger partial charge in [0.25, 0.3) is 0 Å². The number of hydrogen-bond acceptors (Lipinski definition) is 4. The Morgan fingerprint density at radius 2 is 1.57 bits per heavy atom. The molecule has 0 spiro atoms. The van der Waals surface area contributed by atoms with E-state index in [1.807, 2.05) is 61.5 Å². The van der Waals surface area contributed by atoms with Crippen LogP contribution in [-0.4, -0.2) is 21.5 Å². The van der Waals surface area contributed by atoms with Gasteiger partial charge >= 0.3 is 0 Å². The Balaban J connectivity index is 1.82. The normalized spacial score (nSPS) is 10.7. The SMILES string of the molecule is Cc1nc2ccccc2nc1C(=O)CSc1ccccc1. The lowest BCUT2D eigenvalue weighted by molar-refractivity contribution is 0.101. The van der Waals surface area contributed by atoms with Gasteiger partial charge in [-0.05, 0) is 31.2 Å². The fraction of sp³-hybridized carbons (Fsp3) is 0.118. The first-order chi connectivity index (χ1) is 10.2. The Labute approximate surface area is 127 Å². The molecule has 104 valence electrons. The van der Waals surface area contributed by atoms with E-state index in [9.17, 15) is 4.79 Å². The van der Waals surface area contributed by atoms with Gasteiger partial charge in [-0.25, -0.2) is 9.97 Å². The average molecular weight is 294 g/mol. The van der Waals surface area contributed by atoms with Gasteiger partial charge < -0.3 is 0 Å². The second-order valence-corrected chi connectivity index (χ2v) is 5.72. The van der Waals surface area contributed by atoms with Crippen LogP contribution in [0, 0.1) is 6.92 Å². The number of thioether (sulfide) groups is 1. The summed E-state index contributed by atoms with van der Waals surface area (Å²) in [7, 11) is 0. The Kier molecular flexibility index (Phi) is 3.97. The van der Waals surface area contributed by atoms with E-state index in [0.717, 1.165) is 15.9 Å². The lowest BCUT2D eigenvalue weighted by Crippen LogP contribution is -2.09. The van der Waals surface area contributed by atoms with Gasteiger partial charge in [0.1, 0.15) is 5.69 Å². The molecular weight excluding hydrogens is 280 g/mol. The molecule has 1 heterocycles. The smallest absolute Gasteiger partial charge is 0.193 e. The van der Waals surface area contributed by atoms with Gasteiger partial charge in [0.05, 0.1) is 22.5 Å². The van der Waals surface area contributed by atoms with Gasteiger partial charge in [0.15, 0.2) is 5.78 Å². The van der Waals surface area contributed by atoms with E-state index in [1.54, 1.807) is 0 Å². The molecule has 2 aromatic carbocycles. The summed E-state index contributed by atoms with van der Waals surface area (Å²) in [6, 6.07) is 17.5. The summed E-state index contributed by atoms with van der Waals surface area (Å²) in [5, 5.41) is 0. The van der Waals surface area contributed by atoms with Crippen LogP contribution in [0.25, 0.3) is 11.0 Å². The number of rotatable bonds is 4. The summed E-state index contributed by atoms with van der Waals surface area (Å²) >= 11 is 1.52. The highest BCUT2D eigenvalue weighted by Crippen LogP contribution is 2.19. The number of benzene rings is 2. The van der Waals surface area contributed by atoms with Crippen LogP contribution < -0.4 is 0 Å². The van der Waals surface area contributed by atoms with Crippen molar-refractivity contribution < 1.29 is 4.79 Å². The number of aryl methyl sites for hydroxylation is 1. The first-order valence-corrected chi connectivity index (χ1v) is 7.67. The zero-order chi connectivity index (χ0) is 14.7. The molecule has 21 heavy (non-hydrogen) atoms. The summed E-state index contributed by atoms with van der Waals surface area (Å²) in [5.41, 5.74) is 2.74. The van der Waals surface area contributed by atoms with Crippen molar-refractivity contribution >= 4 is 28.6 Å². The fourth-order valence-corrected chi connectivity index (χ4v) is 2.87. The Morgan fingerprint density at radius 1 is 0.952 bits per heavy atom. The topological polar surface area (TPSA) is 42.9 Å². The van der Waals surface area contributed by atoms with E-state index < -0.39 is 0 Å². The monoisotopic (exact) mass is 294 g/mol. The fourth-order valence-electron chi connectivity index (χ4n) is 2.09. The molecule has 0 saturated heterocycles. The van der Waals surface area contributed by atoms with Crippen molar-refractivity contribution in [3.8, 4) is 0 Å². The predicted molar refractivity (Wildman–Crippen MR) is 85.8 cm³/mol. The number of ketones is 1.